The number of carbonyl (C=O) groups is 3. The van der Waals surface area contributed by atoms with Crippen LogP contribution in [0.1, 0.15) is 46.2 Å². The van der Waals surface area contributed by atoms with Gasteiger partial charge in [-0.2, -0.15) is 0 Å². The number of carbonyl (C=O) groups excluding carboxylic acids is 3. The first-order valence-corrected chi connectivity index (χ1v) is 9.05. The van der Waals surface area contributed by atoms with E-state index in [2.05, 4.69) is 20.9 Å². The molecule has 0 saturated heterocycles. The van der Waals surface area contributed by atoms with Gasteiger partial charge in [-0.1, -0.05) is 13.0 Å². The van der Waals surface area contributed by atoms with Crippen molar-refractivity contribution in [1.82, 2.24) is 10.3 Å². The topological polar surface area (TPSA) is 103 Å². The molecule has 3 amide bonds. The van der Waals surface area contributed by atoms with Gasteiger partial charge in [-0.05, 0) is 42.0 Å². The number of hydrogen-bond donors (Lipinski definition) is 4. The number of nitrogens with one attached hydrogen (secondary N) is 4. The van der Waals surface area contributed by atoms with Crippen molar-refractivity contribution in [2.75, 3.05) is 17.2 Å². The van der Waals surface area contributed by atoms with Crippen molar-refractivity contribution in [3.8, 4) is 0 Å². The number of amides is 3. The average molecular weight is 376 g/mol. The molecular formula is C21H20N4O3. The number of fused-ring (bicyclic) bond motifs is 3. The van der Waals surface area contributed by atoms with Crippen LogP contribution in [0.4, 0.5) is 11.4 Å². The summed E-state index contributed by atoms with van der Waals surface area (Å²) in [7, 11) is 0. The highest BCUT2D eigenvalue weighted by Crippen LogP contribution is 2.32. The standard InChI is InChI=1S/C21H20N4O3/c1-11-10-22-21(28)19-18(11)16-8-13(6-7-17(16)25-19)20(27)24-15-5-3-4-14(9-15)23-12(2)26/h3-9,11,25H,10H2,1-2H3,(H,22,28)(H,23,26)(H,24,27). The lowest BCUT2D eigenvalue weighted by molar-refractivity contribution is -0.114. The first kappa shape index (κ1) is 17.8. The van der Waals surface area contributed by atoms with E-state index in [1.54, 1.807) is 30.3 Å². The van der Waals surface area contributed by atoms with Gasteiger partial charge < -0.3 is 20.9 Å². The molecule has 1 unspecified atom stereocenters. The van der Waals surface area contributed by atoms with Crippen LogP contribution >= 0.6 is 0 Å². The quantitative estimate of drug-likeness (QED) is 0.564. The molecule has 7 nitrogen and oxygen atoms in total. The molecule has 2 aromatic carbocycles. The molecule has 1 aromatic heterocycles. The van der Waals surface area contributed by atoms with E-state index in [1.807, 2.05) is 19.1 Å². The van der Waals surface area contributed by atoms with Crippen LogP contribution < -0.4 is 16.0 Å². The third-order valence-electron chi connectivity index (χ3n) is 4.83. The largest absolute Gasteiger partial charge is 0.350 e. The normalized spacial score (nSPS) is 15.6. The summed E-state index contributed by atoms with van der Waals surface area (Å²) in [4.78, 5) is 39.2. The second kappa shape index (κ2) is 6.84. The molecule has 0 fully saturated rings. The van der Waals surface area contributed by atoms with Crippen LogP contribution in [0.25, 0.3) is 10.9 Å². The fraction of sp³-hybridized carbons (Fsp3) is 0.190. The van der Waals surface area contributed by atoms with Gasteiger partial charge in [-0.15, -0.1) is 0 Å². The smallest absolute Gasteiger partial charge is 0.268 e. The fourth-order valence-electron chi connectivity index (χ4n) is 3.56. The molecule has 3 aromatic rings. The minimum atomic E-state index is -0.260. The summed E-state index contributed by atoms with van der Waals surface area (Å²) in [5, 5.41) is 9.28. The summed E-state index contributed by atoms with van der Waals surface area (Å²) >= 11 is 0. The van der Waals surface area contributed by atoms with E-state index in [9.17, 15) is 14.4 Å². The Morgan fingerprint density at radius 3 is 2.57 bits per heavy atom. The monoisotopic (exact) mass is 376 g/mol. The van der Waals surface area contributed by atoms with Gasteiger partial charge in [-0.3, -0.25) is 14.4 Å². The maximum atomic E-state index is 12.7. The fourth-order valence-corrected chi connectivity index (χ4v) is 3.56. The minimum Gasteiger partial charge on any atom is -0.350 e. The average Bonchev–Trinajstić information content (AvgIpc) is 3.04. The molecule has 2 heterocycles. The van der Waals surface area contributed by atoms with Crippen LogP contribution in [0.2, 0.25) is 0 Å². The highest BCUT2D eigenvalue weighted by Gasteiger charge is 2.27. The van der Waals surface area contributed by atoms with Crippen molar-refractivity contribution in [3.05, 3.63) is 59.3 Å². The molecule has 4 rings (SSSR count). The van der Waals surface area contributed by atoms with Crippen LogP contribution in [0.15, 0.2) is 42.5 Å². The summed E-state index contributed by atoms with van der Waals surface area (Å²) in [6.07, 6.45) is 0. The maximum Gasteiger partial charge on any atom is 0.268 e. The van der Waals surface area contributed by atoms with Gasteiger partial charge in [0.15, 0.2) is 0 Å². The van der Waals surface area contributed by atoms with Gasteiger partial charge in [0.2, 0.25) is 5.91 Å². The summed E-state index contributed by atoms with van der Waals surface area (Å²) in [5.74, 6) is -0.395. The number of hydrogen-bond acceptors (Lipinski definition) is 3. The van der Waals surface area contributed by atoms with Gasteiger partial charge in [-0.25, -0.2) is 0 Å². The minimum absolute atomic E-state index is 0.120. The van der Waals surface area contributed by atoms with Gasteiger partial charge >= 0.3 is 0 Å². The Bertz CT molecular complexity index is 1120. The van der Waals surface area contributed by atoms with Crippen molar-refractivity contribution >= 4 is 40.0 Å². The molecule has 0 bridgehead atoms. The maximum absolute atomic E-state index is 12.7. The lowest BCUT2D eigenvalue weighted by Gasteiger charge is -2.19. The third kappa shape index (κ3) is 3.22. The molecule has 7 heteroatoms. The van der Waals surface area contributed by atoms with E-state index in [1.165, 1.54) is 6.92 Å². The van der Waals surface area contributed by atoms with Crippen molar-refractivity contribution in [2.45, 2.75) is 19.8 Å². The summed E-state index contributed by atoms with van der Waals surface area (Å²) in [6.45, 7) is 4.05. The summed E-state index contributed by atoms with van der Waals surface area (Å²) < 4.78 is 0. The number of benzene rings is 2. The zero-order chi connectivity index (χ0) is 19.8. The Hall–Kier alpha value is -3.61. The number of anilines is 2. The van der Waals surface area contributed by atoms with Gasteiger partial charge in [0.1, 0.15) is 5.69 Å². The molecule has 142 valence electrons. The Morgan fingerprint density at radius 2 is 1.82 bits per heavy atom. The molecule has 1 aliphatic heterocycles. The Labute approximate surface area is 161 Å². The Morgan fingerprint density at radius 1 is 1.07 bits per heavy atom. The Balaban J connectivity index is 1.64. The van der Waals surface area contributed by atoms with Crippen LogP contribution in [0.3, 0.4) is 0 Å². The predicted octanol–water partition coefficient (Wildman–Crippen LogP) is 3.23. The van der Waals surface area contributed by atoms with E-state index in [4.69, 9.17) is 0 Å². The van der Waals surface area contributed by atoms with E-state index in [0.29, 0.717) is 29.2 Å². The molecule has 0 aliphatic carbocycles. The lowest BCUT2D eigenvalue weighted by Crippen LogP contribution is -2.33. The molecule has 1 atom stereocenters. The van der Waals surface area contributed by atoms with Crippen LogP contribution in [-0.2, 0) is 4.79 Å². The predicted molar refractivity (Wildman–Crippen MR) is 108 cm³/mol. The number of H-pyrrole nitrogens is 1. The summed E-state index contributed by atoms with van der Waals surface area (Å²) in [5.41, 5.74) is 4.03. The van der Waals surface area contributed by atoms with Crippen molar-refractivity contribution in [2.24, 2.45) is 0 Å². The number of aromatic nitrogens is 1. The van der Waals surface area contributed by atoms with E-state index >= 15 is 0 Å². The van der Waals surface area contributed by atoms with Crippen molar-refractivity contribution in [3.63, 3.8) is 0 Å². The molecule has 4 N–H and O–H groups in total. The van der Waals surface area contributed by atoms with E-state index < -0.39 is 0 Å². The van der Waals surface area contributed by atoms with Crippen molar-refractivity contribution in [1.29, 1.82) is 0 Å². The summed E-state index contributed by atoms with van der Waals surface area (Å²) in [6, 6.07) is 12.3. The molecule has 0 spiro atoms. The highest BCUT2D eigenvalue weighted by atomic mass is 16.2. The molecule has 0 radical (unpaired) electrons. The second-order valence-corrected chi connectivity index (χ2v) is 7.00. The SMILES string of the molecule is CC(=O)Nc1cccc(NC(=O)c2ccc3[nH]c4c(c3c2)C(C)CNC4=O)c1. The zero-order valence-corrected chi connectivity index (χ0v) is 15.6. The lowest BCUT2D eigenvalue weighted by atomic mass is 9.93. The van der Waals surface area contributed by atoms with Gasteiger partial charge in [0, 0.05) is 47.2 Å². The van der Waals surface area contributed by atoms with Gasteiger partial charge in [0.25, 0.3) is 11.8 Å². The molecular weight excluding hydrogens is 356 g/mol. The third-order valence-corrected chi connectivity index (χ3v) is 4.83. The first-order chi connectivity index (χ1) is 13.4. The molecule has 1 aliphatic rings. The molecule has 0 saturated carbocycles. The van der Waals surface area contributed by atoms with Crippen molar-refractivity contribution < 1.29 is 14.4 Å². The molecule has 28 heavy (non-hydrogen) atoms. The number of rotatable bonds is 3. The van der Waals surface area contributed by atoms with Crippen LogP contribution in [-0.4, -0.2) is 29.3 Å². The van der Waals surface area contributed by atoms with E-state index in [-0.39, 0.29) is 23.6 Å². The van der Waals surface area contributed by atoms with Crippen LogP contribution in [0.5, 0.6) is 0 Å². The first-order valence-electron chi connectivity index (χ1n) is 9.05. The van der Waals surface area contributed by atoms with Gasteiger partial charge in [0.05, 0.1) is 0 Å². The highest BCUT2D eigenvalue weighted by molar-refractivity contribution is 6.09. The van der Waals surface area contributed by atoms with E-state index in [0.717, 1.165) is 16.5 Å². The Kier molecular flexibility index (Phi) is 4.35. The second-order valence-electron chi connectivity index (χ2n) is 7.00. The zero-order valence-electron chi connectivity index (χ0n) is 15.6. The number of aromatic amines is 1. The van der Waals surface area contributed by atoms with Crippen LogP contribution in [0, 0.1) is 0 Å².